The average molecular weight is 290 g/mol. The van der Waals surface area contributed by atoms with Gasteiger partial charge in [0, 0.05) is 24.0 Å². The molecule has 0 radical (unpaired) electrons. The number of aromatic nitrogens is 1. The molecule has 0 unspecified atom stereocenters. The van der Waals surface area contributed by atoms with Gasteiger partial charge in [-0.3, -0.25) is 4.79 Å². The summed E-state index contributed by atoms with van der Waals surface area (Å²) in [6, 6.07) is 19.8. The zero-order valence-corrected chi connectivity index (χ0v) is 12.3. The number of nitrogens with zero attached hydrogens (tertiary/aromatic N) is 1. The van der Waals surface area contributed by atoms with Crippen molar-refractivity contribution in [3.8, 4) is 0 Å². The van der Waals surface area contributed by atoms with Gasteiger partial charge in [-0.1, -0.05) is 54.6 Å². The Morgan fingerprint density at radius 3 is 2.55 bits per heavy atom. The molecule has 3 aromatic rings. The summed E-state index contributed by atoms with van der Waals surface area (Å²) in [7, 11) is 0. The fourth-order valence-electron chi connectivity index (χ4n) is 2.54. The van der Waals surface area contributed by atoms with Gasteiger partial charge in [0.05, 0.1) is 0 Å². The Bertz CT molecular complexity index is 756. The Hall–Kier alpha value is -2.81. The molecule has 3 heteroatoms. The first-order chi connectivity index (χ1) is 10.8. The number of amides is 1. The maximum Gasteiger partial charge on any atom is 0.270 e. The van der Waals surface area contributed by atoms with Gasteiger partial charge in [-0.15, -0.1) is 6.58 Å². The highest BCUT2D eigenvalue weighted by Crippen LogP contribution is 2.17. The fourth-order valence-corrected chi connectivity index (χ4v) is 2.54. The van der Waals surface area contributed by atoms with Gasteiger partial charge in [-0.2, -0.15) is 0 Å². The minimum atomic E-state index is -0.0139. The van der Waals surface area contributed by atoms with Crippen molar-refractivity contribution in [2.24, 2.45) is 0 Å². The number of para-hydroxylation sites is 1. The minimum Gasteiger partial charge on any atom is -0.351 e. The predicted molar refractivity (Wildman–Crippen MR) is 89.7 cm³/mol. The van der Waals surface area contributed by atoms with Crippen LogP contribution >= 0.6 is 0 Å². The highest BCUT2D eigenvalue weighted by atomic mass is 16.2. The summed E-state index contributed by atoms with van der Waals surface area (Å²) in [5.74, 6) is -0.0139. The van der Waals surface area contributed by atoms with Crippen molar-refractivity contribution >= 4 is 16.8 Å². The van der Waals surface area contributed by atoms with E-state index in [-0.39, 0.29) is 5.91 Å². The second-order valence-corrected chi connectivity index (χ2v) is 5.23. The van der Waals surface area contributed by atoms with Crippen LogP contribution in [0.1, 0.15) is 16.1 Å². The van der Waals surface area contributed by atoms with Crippen LogP contribution in [0.15, 0.2) is 73.3 Å². The Kier molecular flexibility index (Phi) is 4.05. The Labute approximate surface area is 129 Å². The van der Waals surface area contributed by atoms with E-state index >= 15 is 0 Å². The minimum absolute atomic E-state index is 0.0139. The van der Waals surface area contributed by atoms with Gasteiger partial charge in [0.15, 0.2) is 0 Å². The van der Waals surface area contributed by atoms with Crippen molar-refractivity contribution in [2.75, 3.05) is 6.54 Å². The number of rotatable bonds is 5. The number of carbonyl (C=O) groups is 1. The summed E-state index contributed by atoms with van der Waals surface area (Å²) in [4.78, 5) is 17.7. The number of benzene rings is 2. The number of hydrogen-bond donors (Lipinski definition) is 1. The van der Waals surface area contributed by atoms with E-state index < -0.39 is 0 Å². The molecule has 3 rings (SSSR count). The highest BCUT2D eigenvalue weighted by molar-refractivity contribution is 5.98. The molecule has 0 saturated heterocycles. The van der Waals surface area contributed by atoms with E-state index in [4.69, 9.17) is 0 Å². The van der Waals surface area contributed by atoms with Gasteiger partial charge in [0.25, 0.3) is 5.91 Å². The molecule has 2 aromatic carbocycles. The number of H-pyrrole nitrogens is 1. The van der Waals surface area contributed by atoms with E-state index in [1.165, 1.54) is 0 Å². The molecule has 0 saturated carbocycles. The molecule has 3 nitrogen and oxygen atoms in total. The summed E-state index contributed by atoms with van der Waals surface area (Å²) in [5.41, 5.74) is 2.69. The number of fused-ring (bicyclic) bond motifs is 1. The number of hydrogen-bond acceptors (Lipinski definition) is 1. The van der Waals surface area contributed by atoms with E-state index in [0.29, 0.717) is 18.8 Å². The number of aromatic amines is 1. The molecule has 0 spiro atoms. The van der Waals surface area contributed by atoms with Crippen molar-refractivity contribution < 1.29 is 4.79 Å². The third-order valence-corrected chi connectivity index (χ3v) is 3.61. The van der Waals surface area contributed by atoms with Gasteiger partial charge < -0.3 is 9.88 Å². The van der Waals surface area contributed by atoms with Crippen molar-refractivity contribution in [1.29, 1.82) is 0 Å². The molecule has 0 fully saturated rings. The highest BCUT2D eigenvalue weighted by Gasteiger charge is 2.17. The van der Waals surface area contributed by atoms with Gasteiger partial charge in [0.2, 0.25) is 0 Å². The Morgan fingerprint density at radius 2 is 1.82 bits per heavy atom. The normalized spacial score (nSPS) is 10.5. The van der Waals surface area contributed by atoms with Crippen LogP contribution in [0, 0.1) is 0 Å². The Morgan fingerprint density at radius 1 is 1.09 bits per heavy atom. The zero-order chi connectivity index (χ0) is 15.4. The van der Waals surface area contributed by atoms with Crippen molar-refractivity contribution in [3.05, 3.63) is 84.6 Å². The van der Waals surface area contributed by atoms with Gasteiger partial charge in [-0.25, -0.2) is 0 Å². The third kappa shape index (κ3) is 2.93. The molecule has 0 aliphatic heterocycles. The largest absolute Gasteiger partial charge is 0.351 e. The van der Waals surface area contributed by atoms with E-state index in [1.54, 1.807) is 11.0 Å². The quantitative estimate of drug-likeness (QED) is 0.708. The standard InChI is InChI=1S/C19H18N2O/c1-2-12-21(14-15-8-4-3-5-9-15)19(22)18-13-16-10-6-7-11-17(16)20-18/h2-11,13,20H,1,12,14H2. The number of nitrogens with one attached hydrogen (secondary N) is 1. The topological polar surface area (TPSA) is 36.1 Å². The molecule has 1 aromatic heterocycles. The lowest BCUT2D eigenvalue weighted by Crippen LogP contribution is -2.30. The predicted octanol–water partition coefficient (Wildman–Crippen LogP) is 4.00. The summed E-state index contributed by atoms with van der Waals surface area (Å²) in [6.45, 7) is 4.84. The molecule has 0 aliphatic carbocycles. The zero-order valence-electron chi connectivity index (χ0n) is 12.3. The van der Waals surface area contributed by atoms with Crippen molar-refractivity contribution in [1.82, 2.24) is 9.88 Å². The summed E-state index contributed by atoms with van der Waals surface area (Å²) in [6.07, 6.45) is 1.75. The van der Waals surface area contributed by atoms with E-state index in [0.717, 1.165) is 16.5 Å². The molecule has 1 N–H and O–H groups in total. The van der Waals surface area contributed by atoms with Gasteiger partial charge >= 0.3 is 0 Å². The van der Waals surface area contributed by atoms with Crippen LogP contribution in [-0.2, 0) is 6.54 Å². The first kappa shape index (κ1) is 14.1. The second-order valence-electron chi connectivity index (χ2n) is 5.23. The van der Waals surface area contributed by atoms with Gasteiger partial charge in [0.1, 0.15) is 5.69 Å². The van der Waals surface area contributed by atoms with Crippen molar-refractivity contribution in [3.63, 3.8) is 0 Å². The maximum absolute atomic E-state index is 12.8. The van der Waals surface area contributed by atoms with Crippen molar-refractivity contribution in [2.45, 2.75) is 6.54 Å². The van der Waals surface area contributed by atoms with Crippen LogP contribution in [0.5, 0.6) is 0 Å². The summed E-state index contributed by atoms with van der Waals surface area (Å²) < 4.78 is 0. The van der Waals surface area contributed by atoms with Crippen LogP contribution in [0.25, 0.3) is 10.9 Å². The molecule has 0 atom stereocenters. The van der Waals surface area contributed by atoms with Crippen LogP contribution in [-0.4, -0.2) is 22.3 Å². The number of carbonyl (C=O) groups excluding carboxylic acids is 1. The van der Waals surface area contributed by atoms with Crippen LogP contribution in [0.3, 0.4) is 0 Å². The Balaban J connectivity index is 1.87. The van der Waals surface area contributed by atoms with Gasteiger partial charge in [-0.05, 0) is 17.7 Å². The first-order valence-corrected chi connectivity index (χ1v) is 7.30. The smallest absolute Gasteiger partial charge is 0.270 e. The lowest BCUT2D eigenvalue weighted by atomic mass is 10.2. The monoisotopic (exact) mass is 290 g/mol. The van der Waals surface area contributed by atoms with E-state index in [9.17, 15) is 4.79 Å². The molecule has 1 heterocycles. The third-order valence-electron chi connectivity index (χ3n) is 3.61. The molecular formula is C19H18N2O. The molecule has 0 bridgehead atoms. The molecule has 22 heavy (non-hydrogen) atoms. The fraction of sp³-hybridized carbons (Fsp3) is 0.105. The SMILES string of the molecule is C=CCN(Cc1ccccc1)C(=O)c1cc2ccccc2[nH]1. The summed E-state index contributed by atoms with van der Waals surface area (Å²) >= 11 is 0. The maximum atomic E-state index is 12.8. The molecular weight excluding hydrogens is 272 g/mol. The average Bonchev–Trinajstić information content (AvgIpc) is 2.99. The van der Waals surface area contributed by atoms with Crippen LogP contribution in [0.2, 0.25) is 0 Å². The molecule has 110 valence electrons. The van der Waals surface area contributed by atoms with E-state index in [2.05, 4.69) is 11.6 Å². The van der Waals surface area contributed by atoms with E-state index in [1.807, 2.05) is 60.7 Å². The van der Waals surface area contributed by atoms with Crippen LogP contribution in [0.4, 0.5) is 0 Å². The first-order valence-electron chi connectivity index (χ1n) is 7.30. The van der Waals surface area contributed by atoms with Crippen LogP contribution < -0.4 is 0 Å². The molecule has 0 aliphatic rings. The molecule has 1 amide bonds. The summed E-state index contributed by atoms with van der Waals surface area (Å²) in [5, 5.41) is 1.05. The lowest BCUT2D eigenvalue weighted by Gasteiger charge is -2.20. The second kappa shape index (κ2) is 6.31. The lowest BCUT2D eigenvalue weighted by molar-refractivity contribution is 0.0758.